The number of hydrogen-bond acceptors (Lipinski definition) is 4. The monoisotopic (exact) mass is 384 g/mol. The lowest BCUT2D eigenvalue weighted by Crippen LogP contribution is -2.29. The van der Waals surface area contributed by atoms with E-state index >= 15 is 0 Å². The van der Waals surface area contributed by atoms with E-state index in [0.717, 1.165) is 12.1 Å². The molecule has 2 aromatic carbocycles. The van der Waals surface area contributed by atoms with Crippen molar-refractivity contribution in [2.45, 2.75) is 6.42 Å². The Morgan fingerprint density at radius 1 is 1.08 bits per heavy atom. The Morgan fingerprint density at radius 2 is 1.85 bits per heavy atom. The van der Waals surface area contributed by atoms with Crippen LogP contribution in [0.15, 0.2) is 54.7 Å². The molecule has 0 saturated carbocycles. The Hall–Kier alpha value is -2.63. The SMILES string of the molecule is O=C(c1ccnc(Nc2cc(Cl)cc(Cl)c2)n1)N1CCc2ccccc21. The molecule has 1 aliphatic rings. The number of aromatic nitrogens is 2. The number of nitrogens with zero attached hydrogens (tertiary/aromatic N) is 3. The molecule has 0 radical (unpaired) electrons. The van der Waals surface area contributed by atoms with Crippen LogP contribution in [0.2, 0.25) is 10.0 Å². The van der Waals surface area contributed by atoms with E-state index in [1.165, 1.54) is 5.56 Å². The summed E-state index contributed by atoms with van der Waals surface area (Å²) in [6, 6.07) is 14.6. The third kappa shape index (κ3) is 3.36. The first kappa shape index (κ1) is 16.8. The quantitative estimate of drug-likeness (QED) is 0.708. The molecule has 5 nitrogen and oxygen atoms in total. The summed E-state index contributed by atoms with van der Waals surface area (Å²) in [6.45, 7) is 0.648. The van der Waals surface area contributed by atoms with Gasteiger partial charge in [-0.3, -0.25) is 4.79 Å². The number of para-hydroxylation sites is 1. The molecular weight excluding hydrogens is 371 g/mol. The van der Waals surface area contributed by atoms with E-state index in [9.17, 15) is 4.79 Å². The zero-order chi connectivity index (χ0) is 18.1. The van der Waals surface area contributed by atoms with Crippen LogP contribution >= 0.6 is 23.2 Å². The van der Waals surface area contributed by atoms with Crippen molar-refractivity contribution in [1.82, 2.24) is 9.97 Å². The van der Waals surface area contributed by atoms with Crippen LogP contribution in [0.4, 0.5) is 17.3 Å². The molecule has 1 amide bonds. The summed E-state index contributed by atoms with van der Waals surface area (Å²) in [6.07, 6.45) is 2.40. The minimum Gasteiger partial charge on any atom is -0.324 e. The van der Waals surface area contributed by atoms with Crippen molar-refractivity contribution in [3.8, 4) is 0 Å². The second-order valence-corrected chi connectivity index (χ2v) is 6.76. The largest absolute Gasteiger partial charge is 0.324 e. The van der Waals surface area contributed by atoms with Crippen molar-refractivity contribution in [1.29, 1.82) is 0 Å². The lowest BCUT2D eigenvalue weighted by Gasteiger charge is -2.17. The Bertz CT molecular complexity index is 973. The molecule has 130 valence electrons. The van der Waals surface area contributed by atoms with E-state index in [4.69, 9.17) is 23.2 Å². The average molecular weight is 385 g/mol. The van der Waals surface area contributed by atoms with E-state index in [-0.39, 0.29) is 5.91 Å². The second-order valence-electron chi connectivity index (χ2n) is 5.88. The van der Waals surface area contributed by atoms with Gasteiger partial charge in [-0.2, -0.15) is 0 Å². The van der Waals surface area contributed by atoms with Gasteiger partial charge in [-0.15, -0.1) is 0 Å². The highest BCUT2D eigenvalue weighted by Gasteiger charge is 2.26. The Morgan fingerprint density at radius 3 is 2.65 bits per heavy atom. The van der Waals surface area contributed by atoms with Crippen molar-refractivity contribution >= 4 is 46.4 Å². The van der Waals surface area contributed by atoms with Gasteiger partial charge in [0.25, 0.3) is 5.91 Å². The number of benzene rings is 2. The molecule has 1 aliphatic heterocycles. The first-order valence-electron chi connectivity index (χ1n) is 8.06. The maximum Gasteiger partial charge on any atom is 0.277 e. The van der Waals surface area contributed by atoms with Gasteiger partial charge in [-0.1, -0.05) is 41.4 Å². The van der Waals surface area contributed by atoms with Gasteiger partial charge in [0.15, 0.2) is 0 Å². The molecule has 7 heteroatoms. The number of hydrogen-bond donors (Lipinski definition) is 1. The molecule has 0 aliphatic carbocycles. The first-order chi connectivity index (χ1) is 12.6. The van der Waals surface area contributed by atoms with Gasteiger partial charge in [0.1, 0.15) is 5.69 Å². The van der Waals surface area contributed by atoms with Crippen LogP contribution in [0, 0.1) is 0 Å². The van der Waals surface area contributed by atoms with E-state index in [2.05, 4.69) is 15.3 Å². The summed E-state index contributed by atoms with van der Waals surface area (Å²) < 4.78 is 0. The Balaban J connectivity index is 1.59. The summed E-state index contributed by atoms with van der Waals surface area (Å²) in [5.74, 6) is 0.159. The van der Waals surface area contributed by atoms with E-state index in [1.54, 1.807) is 35.4 Å². The number of nitrogens with one attached hydrogen (secondary N) is 1. The highest BCUT2D eigenvalue weighted by atomic mass is 35.5. The van der Waals surface area contributed by atoms with Gasteiger partial charge < -0.3 is 10.2 Å². The molecule has 0 saturated heterocycles. The number of carbonyl (C=O) groups is 1. The maximum absolute atomic E-state index is 12.9. The van der Waals surface area contributed by atoms with Crippen LogP contribution in [0.3, 0.4) is 0 Å². The summed E-state index contributed by atoms with van der Waals surface area (Å²) in [7, 11) is 0. The lowest BCUT2D eigenvalue weighted by molar-refractivity contribution is 0.0984. The van der Waals surface area contributed by atoms with Crippen molar-refractivity contribution in [2.75, 3.05) is 16.8 Å². The number of carbonyl (C=O) groups excluding carboxylic acids is 1. The van der Waals surface area contributed by atoms with Crippen LogP contribution < -0.4 is 10.2 Å². The molecule has 0 spiro atoms. The molecule has 4 rings (SSSR count). The summed E-state index contributed by atoms with van der Waals surface area (Å²) in [4.78, 5) is 23.1. The van der Waals surface area contributed by atoms with Crippen LogP contribution in [-0.4, -0.2) is 22.4 Å². The molecule has 1 aromatic heterocycles. The average Bonchev–Trinajstić information content (AvgIpc) is 3.04. The Kier molecular flexibility index (Phi) is 4.49. The van der Waals surface area contributed by atoms with E-state index in [1.807, 2.05) is 24.3 Å². The molecule has 26 heavy (non-hydrogen) atoms. The predicted octanol–water partition coefficient (Wildman–Crippen LogP) is 4.73. The van der Waals surface area contributed by atoms with Gasteiger partial charge in [-0.25, -0.2) is 9.97 Å². The molecule has 0 bridgehead atoms. The third-order valence-electron chi connectivity index (χ3n) is 4.13. The second kappa shape index (κ2) is 6.94. The maximum atomic E-state index is 12.9. The Labute approximate surface area is 160 Å². The fourth-order valence-corrected chi connectivity index (χ4v) is 3.51. The van der Waals surface area contributed by atoms with E-state index < -0.39 is 0 Å². The first-order valence-corrected chi connectivity index (χ1v) is 8.82. The smallest absolute Gasteiger partial charge is 0.277 e. The molecule has 0 atom stereocenters. The molecule has 2 heterocycles. The zero-order valence-electron chi connectivity index (χ0n) is 13.6. The number of anilines is 3. The van der Waals surface area contributed by atoms with Crippen LogP contribution in [0.25, 0.3) is 0 Å². The lowest BCUT2D eigenvalue weighted by atomic mass is 10.2. The van der Waals surface area contributed by atoms with Gasteiger partial charge in [0.05, 0.1) is 0 Å². The highest BCUT2D eigenvalue weighted by Crippen LogP contribution is 2.29. The van der Waals surface area contributed by atoms with Crippen LogP contribution in [-0.2, 0) is 6.42 Å². The molecule has 0 unspecified atom stereocenters. The third-order valence-corrected chi connectivity index (χ3v) is 4.56. The van der Waals surface area contributed by atoms with Crippen molar-refractivity contribution in [2.24, 2.45) is 0 Å². The standard InChI is InChI=1S/C19H14Cl2N4O/c20-13-9-14(21)11-15(10-13)23-19-22-7-5-16(24-19)18(26)25-8-6-12-3-1-2-4-17(12)25/h1-5,7,9-11H,6,8H2,(H,22,23,24). The van der Waals surface area contributed by atoms with Gasteiger partial charge >= 0.3 is 0 Å². The molecule has 0 fully saturated rings. The van der Waals surface area contributed by atoms with E-state index in [0.29, 0.717) is 33.9 Å². The van der Waals surface area contributed by atoms with Crippen LogP contribution in [0.5, 0.6) is 0 Å². The van der Waals surface area contributed by atoms with Crippen molar-refractivity contribution < 1.29 is 4.79 Å². The fraction of sp³-hybridized carbons (Fsp3) is 0.105. The topological polar surface area (TPSA) is 58.1 Å². The van der Waals surface area contributed by atoms with Gasteiger partial charge in [0.2, 0.25) is 5.95 Å². The van der Waals surface area contributed by atoms with Gasteiger partial charge in [-0.05, 0) is 42.3 Å². The predicted molar refractivity (Wildman–Crippen MR) is 104 cm³/mol. The molecule has 1 N–H and O–H groups in total. The van der Waals surface area contributed by atoms with Crippen molar-refractivity contribution in [3.63, 3.8) is 0 Å². The number of halogens is 2. The molecule has 3 aromatic rings. The number of fused-ring (bicyclic) bond motifs is 1. The van der Waals surface area contributed by atoms with Gasteiger partial charge in [0, 0.05) is 34.2 Å². The summed E-state index contributed by atoms with van der Waals surface area (Å²) in [5, 5.41) is 4.03. The minimum atomic E-state index is -0.149. The minimum absolute atomic E-state index is 0.149. The van der Waals surface area contributed by atoms with Crippen LogP contribution in [0.1, 0.15) is 16.1 Å². The number of rotatable bonds is 3. The normalized spacial score (nSPS) is 12.8. The highest BCUT2D eigenvalue weighted by molar-refractivity contribution is 6.35. The summed E-state index contributed by atoms with van der Waals surface area (Å²) in [5.41, 5.74) is 3.08. The molecular formula is C19H14Cl2N4O. The zero-order valence-corrected chi connectivity index (χ0v) is 15.1. The fourth-order valence-electron chi connectivity index (χ4n) is 2.98. The number of amides is 1. The van der Waals surface area contributed by atoms with Crippen molar-refractivity contribution in [3.05, 3.63) is 76.0 Å². The summed E-state index contributed by atoms with van der Waals surface area (Å²) >= 11 is 12.0.